The first-order chi connectivity index (χ1) is 6.29. The Morgan fingerprint density at radius 1 is 1.31 bits per heavy atom. The van der Waals surface area contributed by atoms with E-state index in [1.54, 1.807) is 0 Å². The summed E-state index contributed by atoms with van der Waals surface area (Å²) in [6, 6.07) is 0.0935. The highest BCUT2D eigenvalue weighted by atomic mass is 16.5. The lowest BCUT2D eigenvalue weighted by Crippen LogP contribution is -2.43. The number of aliphatic hydroxyl groups excluding tert-OH is 1. The Balaban J connectivity index is 2.51. The van der Waals surface area contributed by atoms with Crippen molar-refractivity contribution in [3.63, 3.8) is 0 Å². The van der Waals surface area contributed by atoms with Gasteiger partial charge < -0.3 is 9.84 Å². The van der Waals surface area contributed by atoms with Crippen LogP contribution in [-0.2, 0) is 4.74 Å². The summed E-state index contributed by atoms with van der Waals surface area (Å²) in [5, 5.41) is 9.58. The van der Waals surface area contributed by atoms with Gasteiger partial charge in [-0.25, -0.2) is 0 Å². The molecule has 0 radical (unpaired) electrons. The van der Waals surface area contributed by atoms with Gasteiger partial charge in [0.05, 0.1) is 25.4 Å². The van der Waals surface area contributed by atoms with Crippen molar-refractivity contribution in [2.75, 3.05) is 26.3 Å². The van der Waals surface area contributed by atoms with Crippen LogP contribution in [0.2, 0.25) is 0 Å². The van der Waals surface area contributed by atoms with Gasteiger partial charge in [0.15, 0.2) is 0 Å². The fraction of sp³-hybridized carbons (Fsp3) is 0.600. The first-order valence-corrected chi connectivity index (χ1v) is 4.51. The Labute approximate surface area is 79.3 Å². The predicted molar refractivity (Wildman–Crippen MR) is 52.6 cm³/mol. The molecule has 0 amide bonds. The Kier molecular flexibility index (Phi) is 4.15. The lowest BCUT2D eigenvalue weighted by molar-refractivity contribution is 0.0942. The van der Waals surface area contributed by atoms with Crippen LogP contribution in [0.1, 0.15) is 0 Å². The normalized spacial score (nSPS) is 27.8. The predicted octanol–water partition coefficient (Wildman–Crippen LogP) is 0.420. The first-order valence-electron chi connectivity index (χ1n) is 4.51. The van der Waals surface area contributed by atoms with Crippen LogP contribution in [0.3, 0.4) is 0 Å². The smallest absolute Gasteiger partial charge is 0.0951 e. The van der Waals surface area contributed by atoms with Crippen molar-refractivity contribution < 1.29 is 9.84 Å². The van der Waals surface area contributed by atoms with Crippen molar-refractivity contribution in [3.8, 4) is 0 Å². The van der Waals surface area contributed by atoms with Gasteiger partial charge in [0.2, 0.25) is 0 Å². The molecule has 1 fully saturated rings. The van der Waals surface area contributed by atoms with E-state index in [0.29, 0.717) is 13.2 Å². The molecule has 0 aliphatic carbocycles. The minimum Gasteiger partial charge on any atom is -0.389 e. The van der Waals surface area contributed by atoms with Gasteiger partial charge in [-0.1, -0.05) is 12.2 Å². The van der Waals surface area contributed by atoms with Gasteiger partial charge in [0, 0.05) is 13.1 Å². The van der Waals surface area contributed by atoms with Gasteiger partial charge in [-0.2, -0.15) is 0 Å². The van der Waals surface area contributed by atoms with Crippen molar-refractivity contribution in [3.05, 3.63) is 25.3 Å². The average molecular weight is 183 g/mol. The van der Waals surface area contributed by atoms with Gasteiger partial charge in [0.1, 0.15) is 0 Å². The van der Waals surface area contributed by atoms with E-state index in [1.165, 1.54) is 0 Å². The van der Waals surface area contributed by atoms with E-state index in [4.69, 9.17) is 4.74 Å². The number of rotatable bonds is 5. The number of ether oxygens (including phenoxy) is 1. The molecule has 3 heteroatoms. The number of nitrogens with zero attached hydrogens (tertiary/aromatic N) is 1. The van der Waals surface area contributed by atoms with Crippen LogP contribution < -0.4 is 0 Å². The molecule has 3 nitrogen and oxygen atoms in total. The van der Waals surface area contributed by atoms with E-state index in [0.717, 1.165) is 13.1 Å². The molecule has 0 aromatic carbocycles. The fourth-order valence-electron chi connectivity index (χ4n) is 1.56. The largest absolute Gasteiger partial charge is 0.389 e. The summed E-state index contributed by atoms with van der Waals surface area (Å²) in [4.78, 5) is 2.11. The molecule has 74 valence electrons. The molecular formula is C10H17NO2. The van der Waals surface area contributed by atoms with Gasteiger partial charge in [-0.15, -0.1) is 13.2 Å². The molecule has 0 aromatic rings. The number of aliphatic hydroxyl groups is 1. The monoisotopic (exact) mass is 183 g/mol. The Morgan fingerprint density at radius 2 is 1.92 bits per heavy atom. The zero-order valence-corrected chi connectivity index (χ0v) is 7.85. The second kappa shape index (κ2) is 5.17. The van der Waals surface area contributed by atoms with Crippen LogP contribution in [-0.4, -0.2) is 48.5 Å². The summed E-state index contributed by atoms with van der Waals surface area (Å²) in [6.07, 6.45) is 3.28. The third kappa shape index (κ3) is 2.66. The van der Waals surface area contributed by atoms with E-state index in [2.05, 4.69) is 18.1 Å². The molecule has 0 spiro atoms. The van der Waals surface area contributed by atoms with Crippen molar-refractivity contribution in [1.29, 1.82) is 0 Å². The molecule has 1 rings (SSSR count). The summed E-state index contributed by atoms with van der Waals surface area (Å²) >= 11 is 0. The van der Waals surface area contributed by atoms with Crippen LogP contribution in [0.25, 0.3) is 0 Å². The Morgan fingerprint density at radius 3 is 2.31 bits per heavy atom. The summed E-state index contributed by atoms with van der Waals surface area (Å²) in [5.41, 5.74) is 0. The van der Waals surface area contributed by atoms with E-state index < -0.39 is 0 Å². The highest BCUT2D eigenvalue weighted by molar-refractivity contribution is 4.90. The Hall–Kier alpha value is -0.640. The van der Waals surface area contributed by atoms with Gasteiger partial charge in [-0.05, 0) is 0 Å². The summed E-state index contributed by atoms with van der Waals surface area (Å²) < 4.78 is 5.18. The molecule has 1 saturated heterocycles. The highest BCUT2D eigenvalue weighted by Gasteiger charge is 2.30. The molecule has 0 bridgehead atoms. The minimum absolute atomic E-state index is 0.0935. The molecule has 2 atom stereocenters. The maximum atomic E-state index is 9.58. The minimum atomic E-state index is -0.375. The van der Waals surface area contributed by atoms with Gasteiger partial charge in [0.25, 0.3) is 0 Å². The fourth-order valence-corrected chi connectivity index (χ4v) is 1.56. The second-order valence-electron chi connectivity index (χ2n) is 3.20. The van der Waals surface area contributed by atoms with E-state index in [1.807, 2.05) is 12.2 Å². The second-order valence-corrected chi connectivity index (χ2v) is 3.20. The lowest BCUT2D eigenvalue weighted by Gasteiger charge is -2.27. The quantitative estimate of drug-likeness (QED) is 0.627. The van der Waals surface area contributed by atoms with E-state index in [9.17, 15) is 5.11 Å². The van der Waals surface area contributed by atoms with Crippen LogP contribution >= 0.6 is 0 Å². The summed E-state index contributed by atoms with van der Waals surface area (Å²) in [6.45, 7) is 9.92. The van der Waals surface area contributed by atoms with E-state index in [-0.39, 0.29) is 12.1 Å². The topological polar surface area (TPSA) is 32.7 Å². The average Bonchev–Trinajstić information content (AvgIpc) is 2.51. The third-order valence-electron chi connectivity index (χ3n) is 2.22. The van der Waals surface area contributed by atoms with E-state index >= 15 is 0 Å². The van der Waals surface area contributed by atoms with Gasteiger partial charge in [-0.3, -0.25) is 4.90 Å². The zero-order chi connectivity index (χ0) is 9.68. The van der Waals surface area contributed by atoms with Crippen LogP contribution in [0.15, 0.2) is 25.3 Å². The maximum absolute atomic E-state index is 9.58. The maximum Gasteiger partial charge on any atom is 0.0951 e. The lowest BCUT2D eigenvalue weighted by atomic mass is 10.2. The molecule has 1 unspecified atom stereocenters. The standard InChI is InChI=1S/C10H17NO2/c1-3-5-11(6-4-2)9-7-13-8-10(9)12/h3-4,9-10,12H,1-2,5-8H2/t9?,10-/m0/s1. The van der Waals surface area contributed by atoms with Gasteiger partial charge >= 0.3 is 0 Å². The zero-order valence-electron chi connectivity index (χ0n) is 7.85. The third-order valence-corrected chi connectivity index (χ3v) is 2.22. The van der Waals surface area contributed by atoms with Crippen molar-refractivity contribution in [1.82, 2.24) is 4.90 Å². The number of hydrogen-bond donors (Lipinski definition) is 1. The molecular weight excluding hydrogens is 166 g/mol. The summed E-state index contributed by atoms with van der Waals surface area (Å²) in [7, 11) is 0. The number of hydrogen-bond acceptors (Lipinski definition) is 3. The van der Waals surface area contributed by atoms with Crippen LogP contribution in [0, 0.1) is 0 Å². The molecule has 1 heterocycles. The SMILES string of the molecule is C=CCN(CC=C)C1COC[C@@H]1O. The van der Waals surface area contributed by atoms with Crippen molar-refractivity contribution in [2.45, 2.75) is 12.1 Å². The van der Waals surface area contributed by atoms with Crippen LogP contribution in [0.5, 0.6) is 0 Å². The van der Waals surface area contributed by atoms with Crippen molar-refractivity contribution in [2.24, 2.45) is 0 Å². The highest BCUT2D eigenvalue weighted by Crippen LogP contribution is 2.12. The molecule has 1 aliphatic rings. The van der Waals surface area contributed by atoms with Crippen molar-refractivity contribution >= 4 is 0 Å². The molecule has 0 aromatic heterocycles. The molecule has 0 saturated carbocycles. The first kappa shape index (κ1) is 10.4. The van der Waals surface area contributed by atoms with Crippen LogP contribution in [0.4, 0.5) is 0 Å². The summed E-state index contributed by atoms with van der Waals surface area (Å²) in [5.74, 6) is 0. The Bertz CT molecular complexity index is 172. The molecule has 1 aliphatic heterocycles. The molecule has 1 N–H and O–H groups in total. The molecule has 13 heavy (non-hydrogen) atoms.